The molecule has 230 valence electrons. The van der Waals surface area contributed by atoms with Gasteiger partial charge in [0.2, 0.25) is 11.8 Å². The van der Waals surface area contributed by atoms with Crippen molar-refractivity contribution in [2.24, 2.45) is 0 Å². The quantitative estimate of drug-likeness (QED) is 0.214. The lowest BCUT2D eigenvalue weighted by molar-refractivity contribution is -0.140. The molecule has 0 aliphatic carbocycles. The molecule has 2 amide bonds. The number of carbonyl (C=O) groups is 2. The van der Waals surface area contributed by atoms with Crippen molar-refractivity contribution in [2.45, 2.75) is 64.6 Å². The van der Waals surface area contributed by atoms with E-state index in [0.29, 0.717) is 11.3 Å². The molecule has 4 rings (SSSR count). The minimum atomic E-state index is -4.14. The van der Waals surface area contributed by atoms with Crippen molar-refractivity contribution in [1.29, 1.82) is 0 Å². The second-order valence-corrected chi connectivity index (χ2v) is 13.4. The van der Waals surface area contributed by atoms with Crippen LogP contribution in [-0.2, 0) is 32.6 Å². The molecule has 1 unspecified atom stereocenters. The van der Waals surface area contributed by atoms with Gasteiger partial charge in [0, 0.05) is 19.0 Å². The molecule has 4 aromatic carbocycles. The van der Waals surface area contributed by atoms with Gasteiger partial charge in [-0.25, -0.2) is 8.42 Å². The molecule has 0 fully saturated rings. The van der Waals surface area contributed by atoms with E-state index in [1.807, 2.05) is 101 Å². The van der Waals surface area contributed by atoms with Crippen LogP contribution in [0.4, 0.5) is 5.69 Å². The first-order valence-electron chi connectivity index (χ1n) is 14.8. The molecule has 0 radical (unpaired) electrons. The molecular weight excluding hydrogens is 570 g/mol. The van der Waals surface area contributed by atoms with Crippen molar-refractivity contribution in [3.63, 3.8) is 0 Å². The normalized spacial score (nSPS) is 12.0. The van der Waals surface area contributed by atoms with E-state index in [9.17, 15) is 18.0 Å². The summed E-state index contributed by atoms with van der Waals surface area (Å²) in [7, 11) is -4.14. The number of anilines is 1. The maximum absolute atomic E-state index is 14.5. The number of nitrogens with zero attached hydrogens (tertiary/aromatic N) is 2. The topological polar surface area (TPSA) is 86.8 Å². The van der Waals surface area contributed by atoms with Crippen molar-refractivity contribution in [3.05, 3.63) is 131 Å². The van der Waals surface area contributed by atoms with E-state index >= 15 is 0 Å². The Morgan fingerprint density at radius 2 is 1.34 bits per heavy atom. The standard InChI is InChI=1S/C36H41N3O4S/c1-26(2)37-36(41)34(23-30-12-8-6-9-13-30)38(24-31-20-17-27(3)18-21-31)35(40)25-39(33-22-28(4)16-19-29(33)5)44(42,43)32-14-10-7-11-15-32/h6-22,26,34H,23-25H2,1-5H3,(H,37,41). The Bertz CT molecular complexity index is 1670. The van der Waals surface area contributed by atoms with Gasteiger partial charge in [-0.2, -0.15) is 0 Å². The first-order valence-corrected chi connectivity index (χ1v) is 16.2. The third-order valence-electron chi connectivity index (χ3n) is 7.42. The Balaban J connectivity index is 1.82. The highest BCUT2D eigenvalue weighted by atomic mass is 32.2. The summed E-state index contributed by atoms with van der Waals surface area (Å²) in [6.07, 6.45) is 0.270. The molecule has 0 aliphatic heterocycles. The lowest BCUT2D eigenvalue weighted by Gasteiger charge is -2.34. The maximum Gasteiger partial charge on any atom is 0.264 e. The molecule has 1 atom stereocenters. The number of sulfonamides is 1. The zero-order chi connectivity index (χ0) is 31.9. The molecule has 0 bridgehead atoms. The van der Waals surface area contributed by atoms with Gasteiger partial charge in [-0.1, -0.05) is 90.5 Å². The summed E-state index contributed by atoms with van der Waals surface area (Å²) in [5, 5.41) is 2.99. The number of benzene rings is 4. The highest BCUT2D eigenvalue weighted by Crippen LogP contribution is 2.29. The van der Waals surface area contributed by atoms with Crippen LogP contribution in [0.2, 0.25) is 0 Å². The molecule has 44 heavy (non-hydrogen) atoms. The second kappa shape index (κ2) is 14.4. The van der Waals surface area contributed by atoms with Crippen LogP contribution in [0.15, 0.2) is 108 Å². The third kappa shape index (κ3) is 8.14. The minimum absolute atomic E-state index is 0.0807. The average molecular weight is 612 g/mol. The highest BCUT2D eigenvalue weighted by molar-refractivity contribution is 7.92. The van der Waals surface area contributed by atoms with Gasteiger partial charge in [-0.3, -0.25) is 13.9 Å². The number of aryl methyl sites for hydroxylation is 3. The predicted octanol–water partition coefficient (Wildman–Crippen LogP) is 5.97. The van der Waals surface area contributed by atoms with Crippen molar-refractivity contribution < 1.29 is 18.0 Å². The van der Waals surface area contributed by atoms with E-state index in [0.717, 1.165) is 22.3 Å². The summed E-state index contributed by atoms with van der Waals surface area (Å²) in [6, 6.07) is 29.9. The number of nitrogens with one attached hydrogen (secondary N) is 1. The SMILES string of the molecule is Cc1ccc(CN(C(=O)CN(c2cc(C)ccc2C)S(=O)(=O)c2ccccc2)C(Cc2ccccc2)C(=O)NC(C)C)cc1. The molecular formula is C36H41N3O4S. The second-order valence-electron chi connectivity index (χ2n) is 11.5. The van der Waals surface area contributed by atoms with Crippen LogP contribution in [0, 0.1) is 20.8 Å². The summed E-state index contributed by atoms with van der Waals surface area (Å²) in [4.78, 5) is 29.9. The van der Waals surface area contributed by atoms with E-state index in [1.54, 1.807) is 24.3 Å². The van der Waals surface area contributed by atoms with Crippen LogP contribution in [0.3, 0.4) is 0 Å². The van der Waals surface area contributed by atoms with Crippen molar-refractivity contribution >= 4 is 27.5 Å². The zero-order valence-electron chi connectivity index (χ0n) is 26.0. The maximum atomic E-state index is 14.5. The largest absolute Gasteiger partial charge is 0.352 e. The summed E-state index contributed by atoms with van der Waals surface area (Å²) in [5.41, 5.74) is 4.79. The minimum Gasteiger partial charge on any atom is -0.352 e. The van der Waals surface area contributed by atoms with Crippen molar-refractivity contribution in [2.75, 3.05) is 10.8 Å². The first-order chi connectivity index (χ1) is 21.0. The monoisotopic (exact) mass is 611 g/mol. The Hall–Kier alpha value is -4.43. The van der Waals surface area contributed by atoms with Gasteiger partial charge in [0.1, 0.15) is 12.6 Å². The molecule has 0 aromatic heterocycles. The van der Waals surface area contributed by atoms with Crippen LogP contribution in [0.5, 0.6) is 0 Å². The van der Waals surface area contributed by atoms with Crippen LogP contribution < -0.4 is 9.62 Å². The fourth-order valence-electron chi connectivity index (χ4n) is 5.05. The van der Waals surface area contributed by atoms with Gasteiger partial charge in [-0.15, -0.1) is 0 Å². The summed E-state index contributed by atoms with van der Waals surface area (Å²) in [5.74, 6) is -0.778. The van der Waals surface area contributed by atoms with Gasteiger partial charge in [-0.05, 0) is 75.1 Å². The Morgan fingerprint density at radius 1 is 0.750 bits per heavy atom. The molecule has 0 saturated heterocycles. The van der Waals surface area contributed by atoms with Crippen LogP contribution in [0.25, 0.3) is 0 Å². The molecule has 4 aromatic rings. The highest BCUT2D eigenvalue weighted by Gasteiger charge is 2.35. The number of hydrogen-bond donors (Lipinski definition) is 1. The molecule has 0 aliphatic rings. The molecule has 1 N–H and O–H groups in total. The number of rotatable bonds is 12. The van der Waals surface area contributed by atoms with Gasteiger partial charge < -0.3 is 10.2 Å². The third-order valence-corrected chi connectivity index (χ3v) is 9.19. The van der Waals surface area contributed by atoms with E-state index < -0.39 is 28.5 Å². The molecule has 7 nitrogen and oxygen atoms in total. The van der Waals surface area contributed by atoms with Gasteiger partial charge in [0.25, 0.3) is 10.0 Å². The van der Waals surface area contributed by atoms with Gasteiger partial charge in [0.05, 0.1) is 10.6 Å². The van der Waals surface area contributed by atoms with E-state index in [2.05, 4.69) is 5.32 Å². The molecule has 0 saturated carbocycles. The predicted molar refractivity (Wildman–Crippen MR) is 176 cm³/mol. The lowest BCUT2D eigenvalue weighted by atomic mass is 10.0. The first kappa shape index (κ1) is 32.5. The fourth-order valence-corrected chi connectivity index (χ4v) is 6.54. The summed E-state index contributed by atoms with van der Waals surface area (Å²) < 4.78 is 29.5. The Labute approximate surface area is 261 Å². The Morgan fingerprint density at radius 3 is 1.95 bits per heavy atom. The summed E-state index contributed by atoms with van der Waals surface area (Å²) >= 11 is 0. The van der Waals surface area contributed by atoms with E-state index in [4.69, 9.17) is 0 Å². The van der Waals surface area contributed by atoms with Gasteiger partial charge in [0.15, 0.2) is 0 Å². The zero-order valence-corrected chi connectivity index (χ0v) is 26.8. The Kier molecular flexibility index (Phi) is 10.6. The number of hydrogen-bond acceptors (Lipinski definition) is 4. The van der Waals surface area contributed by atoms with Crippen LogP contribution in [0.1, 0.15) is 41.7 Å². The van der Waals surface area contributed by atoms with Crippen LogP contribution in [-0.4, -0.2) is 43.8 Å². The molecule has 0 spiro atoms. The smallest absolute Gasteiger partial charge is 0.264 e. The van der Waals surface area contributed by atoms with Crippen molar-refractivity contribution in [1.82, 2.24) is 10.2 Å². The molecule has 0 heterocycles. The van der Waals surface area contributed by atoms with Gasteiger partial charge >= 0.3 is 0 Å². The number of carbonyl (C=O) groups excluding carboxylic acids is 2. The van der Waals surface area contributed by atoms with E-state index in [1.165, 1.54) is 21.3 Å². The van der Waals surface area contributed by atoms with Crippen LogP contribution >= 0.6 is 0 Å². The summed E-state index contributed by atoms with van der Waals surface area (Å²) in [6.45, 7) is 9.09. The molecule has 8 heteroatoms. The lowest BCUT2D eigenvalue weighted by Crippen LogP contribution is -2.54. The average Bonchev–Trinajstić information content (AvgIpc) is 3.00. The van der Waals surface area contributed by atoms with Crippen molar-refractivity contribution in [3.8, 4) is 0 Å². The number of amides is 2. The fraction of sp³-hybridized carbons (Fsp3) is 0.278. The van der Waals surface area contributed by atoms with E-state index in [-0.39, 0.29) is 29.8 Å².